The molecule has 2 amide bonds. The Bertz CT molecular complexity index is 1220. The van der Waals surface area contributed by atoms with Gasteiger partial charge in [-0.3, -0.25) is 0 Å². The van der Waals surface area contributed by atoms with Crippen molar-refractivity contribution in [2.75, 3.05) is 6.54 Å². The third-order valence-corrected chi connectivity index (χ3v) is 5.95. The second-order valence-corrected chi connectivity index (χ2v) is 8.05. The normalized spacial score (nSPS) is 16.0. The maximum atomic E-state index is 12.8. The number of carbonyl (C=O) groups is 1. The maximum Gasteiger partial charge on any atom is 0.318 e. The summed E-state index contributed by atoms with van der Waals surface area (Å²) in [6.45, 7) is 3.33. The Kier molecular flexibility index (Phi) is 5.16. The highest BCUT2D eigenvalue weighted by Crippen LogP contribution is 2.34. The van der Waals surface area contributed by atoms with Crippen LogP contribution in [-0.2, 0) is 6.54 Å². The van der Waals surface area contributed by atoms with Crippen LogP contribution in [0.1, 0.15) is 35.9 Å². The van der Waals surface area contributed by atoms with Crippen molar-refractivity contribution < 1.29 is 9.21 Å². The van der Waals surface area contributed by atoms with Crippen molar-refractivity contribution in [1.29, 1.82) is 0 Å². The van der Waals surface area contributed by atoms with Gasteiger partial charge in [0.1, 0.15) is 11.6 Å². The number of oxazole rings is 1. The van der Waals surface area contributed by atoms with E-state index in [9.17, 15) is 4.79 Å². The van der Waals surface area contributed by atoms with Crippen molar-refractivity contribution in [2.24, 2.45) is 0 Å². The molecule has 0 bridgehead atoms. The van der Waals surface area contributed by atoms with Crippen LogP contribution in [-0.4, -0.2) is 22.5 Å². The van der Waals surface area contributed by atoms with Gasteiger partial charge < -0.3 is 14.6 Å². The van der Waals surface area contributed by atoms with Crippen LogP contribution in [0.5, 0.6) is 0 Å². The van der Waals surface area contributed by atoms with Gasteiger partial charge in [-0.25, -0.2) is 9.78 Å². The Morgan fingerprint density at radius 3 is 2.74 bits per heavy atom. The molecule has 1 fully saturated rings. The SMILES string of the molecule is Cc1ccccc1-c1ccc2oc([C@@H]3CCCN3C(=O)NCc3ccccc3)nc2c1. The highest BCUT2D eigenvalue weighted by Gasteiger charge is 2.33. The van der Waals surface area contributed by atoms with Gasteiger partial charge in [0.2, 0.25) is 5.89 Å². The number of fused-ring (bicyclic) bond motifs is 1. The van der Waals surface area contributed by atoms with Gasteiger partial charge in [0.15, 0.2) is 5.58 Å². The summed E-state index contributed by atoms with van der Waals surface area (Å²) in [5.41, 5.74) is 6.20. The Labute approximate surface area is 181 Å². The minimum Gasteiger partial charge on any atom is -0.438 e. The lowest BCUT2D eigenvalue weighted by molar-refractivity contribution is 0.184. The number of nitrogens with zero attached hydrogens (tertiary/aromatic N) is 2. The smallest absolute Gasteiger partial charge is 0.318 e. The lowest BCUT2D eigenvalue weighted by Gasteiger charge is -2.22. The standard InChI is InChI=1S/C26H25N3O2/c1-18-8-5-6-11-21(18)20-13-14-24-22(16-20)28-25(31-24)23-12-7-15-29(23)26(30)27-17-19-9-3-2-4-10-19/h2-6,8-11,13-14,16,23H,7,12,15,17H2,1H3,(H,27,30)/t23-/m0/s1. The number of rotatable bonds is 4. The molecule has 1 atom stereocenters. The van der Waals surface area contributed by atoms with Gasteiger partial charge in [-0.15, -0.1) is 0 Å². The van der Waals surface area contributed by atoms with Gasteiger partial charge in [-0.05, 0) is 54.2 Å². The minimum atomic E-state index is -0.134. The monoisotopic (exact) mass is 411 g/mol. The molecule has 5 nitrogen and oxygen atoms in total. The highest BCUT2D eigenvalue weighted by molar-refractivity contribution is 5.81. The van der Waals surface area contributed by atoms with Crippen LogP contribution in [0.25, 0.3) is 22.2 Å². The highest BCUT2D eigenvalue weighted by atomic mass is 16.4. The van der Waals surface area contributed by atoms with Crippen LogP contribution in [0.3, 0.4) is 0 Å². The zero-order valence-corrected chi connectivity index (χ0v) is 17.5. The van der Waals surface area contributed by atoms with E-state index in [-0.39, 0.29) is 12.1 Å². The number of urea groups is 1. The number of hydrogen-bond donors (Lipinski definition) is 1. The van der Waals surface area contributed by atoms with E-state index in [1.807, 2.05) is 53.4 Å². The summed E-state index contributed by atoms with van der Waals surface area (Å²) in [5, 5.41) is 3.03. The quantitative estimate of drug-likeness (QED) is 0.458. The average Bonchev–Trinajstić information content (AvgIpc) is 3.45. The predicted molar refractivity (Wildman–Crippen MR) is 122 cm³/mol. The van der Waals surface area contributed by atoms with Crippen LogP contribution < -0.4 is 5.32 Å². The van der Waals surface area contributed by atoms with E-state index in [4.69, 9.17) is 9.40 Å². The topological polar surface area (TPSA) is 58.4 Å². The Morgan fingerprint density at radius 1 is 1.10 bits per heavy atom. The summed E-state index contributed by atoms with van der Waals surface area (Å²) in [4.78, 5) is 19.5. The molecule has 0 unspecified atom stereocenters. The third-order valence-electron chi connectivity index (χ3n) is 5.95. The Morgan fingerprint density at radius 2 is 1.90 bits per heavy atom. The molecule has 0 aliphatic carbocycles. The largest absolute Gasteiger partial charge is 0.438 e. The number of carbonyl (C=O) groups excluding carboxylic acids is 1. The zero-order valence-electron chi connectivity index (χ0n) is 17.5. The lowest BCUT2D eigenvalue weighted by atomic mass is 10.0. The maximum absolute atomic E-state index is 12.8. The van der Waals surface area contributed by atoms with Crippen molar-refractivity contribution in [3.8, 4) is 11.1 Å². The summed E-state index contributed by atoms with van der Waals surface area (Å²) in [6.07, 6.45) is 1.80. The van der Waals surface area contributed by atoms with Crippen LogP contribution in [0, 0.1) is 6.92 Å². The van der Waals surface area contributed by atoms with Gasteiger partial charge in [0.05, 0.1) is 0 Å². The molecule has 156 valence electrons. The number of hydrogen-bond acceptors (Lipinski definition) is 3. The second-order valence-electron chi connectivity index (χ2n) is 8.05. The van der Waals surface area contributed by atoms with Gasteiger partial charge in [-0.1, -0.05) is 60.7 Å². The average molecular weight is 412 g/mol. The molecule has 1 aliphatic rings. The number of aryl methyl sites for hydroxylation is 1. The van der Waals surface area contributed by atoms with E-state index in [1.165, 1.54) is 11.1 Å². The Balaban J connectivity index is 1.36. The number of benzene rings is 3. The molecule has 1 aliphatic heterocycles. The first-order valence-electron chi connectivity index (χ1n) is 10.7. The number of likely N-dealkylation sites (tertiary alicyclic amines) is 1. The van der Waals surface area contributed by atoms with E-state index < -0.39 is 0 Å². The van der Waals surface area contributed by atoms with Crippen molar-refractivity contribution in [2.45, 2.75) is 32.4 Å². The van der Waals surface area contributed by atoms with Crippen molar-refractivity contribution in [3.63, 3.8) is 0 Å². The number of amides is 2. The fourth-order valence-electron chi connectivity index (χ4n) is 4.29. The van der Waals surface area contributed by atoms with Gasteiger partial charge >= 0.3 is 6.03 Å². The summed E-state index contributed by atoms with van der Waals surface area (Å²) in [5.74, 6) is 0.615. The Hall–Kier alpha value is -3.60. The van der Waals surface area contributed by atoms with Crippen LogP contribution in [0.4, 0.5) is 4.79 Å². The molecule has 1 saturated heterocycles. The molecule has 0 spiro atoms. The number of nitrogens with one attached hydrogen (secondary N) is 1. The summed E-state index contributed by atoms with van der Waals surface area (Å²) in [7, 11) is 0. The molecule has 1 aromatic heterocycles. The lowest BCUT2D eigenvalue weighted by Crippen LogP contribution is -2.39. The predicted octanol–water partition coefficient (Wildman–Crippen LogP) is 5.85. The van der Waals surface area contributed by atoms with E-state index in [0.29, 0.717) is 19.0 Å². The second kappa shape index (κ2) is 8.26. The molecule has 2 heterocycles. The fraction of sp³-hybridized carbons (Fsp3) is 0.231. The molecular weight excluding hydrogens is 386 g/mol. The fourth-order valence-corrected chi connectivity index (χ4v) is 4.29. The molecule has 0 saturated carbocycles. The first kappa shape index (κ1) is 19.4. The zero-order chi connectivity index (χ0) is 21.2. The molecule has 3 aromatic carbocycles. The van der Waals surface area contributed by atoms with E-state index in [2.05, 4.69) is 36.5 Å². The molecule has 5 heteroatoms. The first-order valence-corrected chi connectivity index (χ1v) is 10.7. The van der Waals surface area contributed by atoms with Crippen molar-refractivity contribution >= 4 is 17.1 Å². The molecule has 4 aromatic rings. The van der Waals surface area contributed by atoms with Crippen LogP contribution in [0.2, 0.25) is 0 Å². The van der Waals surface area contributed by atoms with Crippen molar-refractivity contribution in [1.82, 2.24) is 15.2 Å². The van der Waals surface area contributed by atoms with Gasteiger partial charge in [-0.2, -0.15) is 0 Å². The van der Waals surface area contributed by atoms with E-state index >= 15 is 0 Å². The molecule has 5 rings (SSSR count). The van der Waals surface area contributed by atoms with Crippen LogP contribution >= 0.6 is 0 Å². The molecule has 31 heavy (non-hydrogen) atoms. The van der Waals surface area contributed by atoms with E-state index in [1.54, 1.807) is 0 Å². The minimum absolute atomic E-state index is 0.0748. The first-order chi connectivity index (χ1) is 15.2. The number of aromatic nitrogens is 1. The third kappa shape index (κ3) is 3.91. The summed E-state index contributed by atoms with van der Waals surface area (Å²) in [6, 6.07) is 24.2. The van der Waals surface area contributed by atoms with Gasteiger partial charge in [0.25, 0.3) is 0 Å². The summed E-state index contributed by atoms with van der Waals surface area (Å²) >= 11 is 0. The van der Waals surface area contributed by atoms with E-state index in [0.717, 1.165) is 35.1 Å². The van der Waals surface area contributed by atoms with Crippen LogP contribution in [0.15, 0.2) is 77.2 Å². The van der Waals surface area contributed by atoms with Gasteiger partial charge in [0, 0.05) is 13.1 Å². The summed E-state index contributed by atoms with van der Waals surface area (Å²) < 4.78 is 6.08. The van der Waals surface area contributed by atoms with Crippen molar-refractivity contribution in [3.05, 3.63) is 89.8 Å². The molecule has 1 N–H and O–H groups in total. The molecular formula is C26H25N3O2. The molecule has 0 radical (unpaired) electrons.